The molecule has 8 aromatic heterocycles. The van der Waals surface area contributed by atoms with Crippen molar-refractivity contribution in [2.24, 2.45) is 0 Å². The zero-order chi connectivity index (χ0) is 69.1. The van der Waals surface area contributed by atoms with Crippen LogP contribution in [0.1, 0.15) is 6.92 Å². The summed E-state index contributed by atoms with van der Waals surface area (Å²) < 4.78 is 9.15. The Balaban J connectivity index is 0.000000136. The molecule has 0 saturated heterocycles. The maximum atomic E-state index is 9.00. The van der Waals surface area contributed by atoms with Crippen molar-refractivity contribution in [1.29, 1.82) is 0 Å². The Hall–Kier alpha value is -13.7. The van der Waals surface area contributed by atoms with Crippen LogP contribution in [0.2, 0.25) is 0 Å². The van der Waals surface area contributed by atoms with Crippen molar-refractivity contribution in [2.75, 3.05) is 0 Å². The average Bonchev–Trinajstić information content (AvgIpc) is 1.57. The van der Waals surface area contributed by atoms with E-state index in [0.29, 0.717) is 0 Å². The molecule has 14 nitrogen and oxygen atoms in total. The number of rotatable bonds is 6. The van der Waals surface area contributed by atoms with Crippen LogP contribution < -0.4 is 0 Å². The molecule has 0 unspecified atom stereocenters. The van der Waals surface area contributed by atoms with Crippen molar-refractivity contribution in [2.45, 2.75) is 6.92 Å². The number of aromatic nitrogens is 12. The van der Waals surface area contributed by atoms with Crippen molar-refractivity contribution in [3.05, 3.63) is 316 Å². The van der Waals surface area contributed by atoms with Gasteiger partial charge in [-0.1, -0.05) is 193 Å². The van der Waals surface area contributed by atoms with E-state index in [2.05, 4.69) is 291 Å². The Morgan fingerprint density at radius 1 is 0.343 bits per heavy atom. The number of fused-ring (bicyclic) bond motifs is 22. The maximum Gasteiger partial charge on any atom is 2.00 e. The Bertz CT molecular complexity index is 6880. The zero-order valence-corrected chi connectivity index (χ0v) is 58.2. The Kier molecular flexibility index (Phi) is 14.9. The van der Waals surface area contributed by atoms with Crippen LogP contribution in [0.3, 0.4) is 0 Å². The number of benzene rings is 14. The molecule has 0 amide bonds. The molecule has 0 aliphatic heterocycles. The molecular weight excluding hydrogens is 1480 g/mol. The first-order valence-electron chi connectivity index (χ1n) is 34.2. The van der Waals surface area contributed by atoms with Gasteiger partial charge in [0.05, 0.1) is 45.0 Å². The summed E-state index contributed by atoms with van der Waals surface area (Å²) in [6.07, 6.45) is 10.5. The number of hydrogen-bond acceptors (Lipinski definition) is 9. The van der Waals surface area contributed by atoms with Crippen molar-refractivity contribution >= 4 is 158 Å². The second-order valence-corrected chi connectivity index (χ2v) is 26.0. The number of carboxylic acids is 1. The van der Waals surface area contributed by atoms with Gasteiger partial charge in [-0.25, -0.2) is 0 Å². The van der Waals surface area contributed by atoms with E-state index >= 15 is 0 Å². The summed E-state index contributed by atoms with van der Waals surface area (Å²) in [5, 5.41) is 47.3. The van der Waals surface area contributed by atoms with Gasteiger partial charge in [0.1, 0.15) is 0 Å². The predicted octanol–water partition coefficient (Wildman–Crippen LogP) is 20.9. The summed E-state index contributed by atoms with van der Waals surface area (Å²) in [6.45, 7) is 1.08. The van der Waals surface area contributed by atoms with Gasteiger partial charge < -0.3 is 23.8 Å². The van der Waals surface area contributed by atoms with Gasteiger partial charge in [-0.2, -0.15) is 6.07 Å². The standard InChI is InChI=1S/C44H26N6.C44H24N6.C2H4O2.Pt/c2*1-4-10-32-27(7-1)14-19-38-43(32)34-17-13-30(37-26-45-21-22-46-37)23-40(34)49(38)31-16-18-35-41(25-31)50(42-24-29-9-3-6-12-36(29)47-48-42)39-20-15-28-8-2-5-11-33(28)44(35)39;1-2(3)4;/h1-26H;1-22,24,26H;1H3,(H,3,4);/q;-2;;+2. The van der Waals surface area contributed by atoms with Gasteiger partial charge >= 0.3 is 21.1 Å². The molecule has 0 bridgehead atoms. The summed E-state index contributed by atoms with van der Waals surface area (Å²) >= 11 is 0. The number of carboxylic acid groups (broad SMARTS) is 1. The smallest absolute Gasteiger partial charge is 0.481 e. The second-order valence-electron chi connectivity index (χ2n) is 26.0. The molecule has 22 aromatic rings. The zero-order valence-electron chi connectivity index (χ0n) is 55.9. The van der Waals surface area contributed by atoms with Gasteiger partial charge in [-0.3, -0.25) is 24.3 Å². The van der Waals surface area contributed by atoms with Gasteiger partial charge in [-0.15, -0.1) is 61.7 Å². The van der Waals surface area contributed by atoms with Crippen LogP contribution in [0.4, 0.5) is 0 Å². The van der Waals surface area contributed by atoms with E-state index in [1.54, 1.807) is 31.0 Å². The van der Waals surface area contributed by atoms with Gasteiger partial charge in [0, 0.05) is 98.2 Å². The van der Waals surface area contributed by atoms with Gasteiger partial charge in [-0.05, 0) is 126 Å². The molecule has 14 aromatic carbocycles. The molecule has 0 radical (unpaired) electrons. The molecule has 1 N–H and O–H groups in total. The summed E-state index contributed by atoms with van der Waals surface area (Å²) in [6, 6.07) is 102. The van der Waals surface area contributed by atoms with Crippen molar-refractivity contribution in [3.8, 4) is 45.5 Å². The average molecular weight is 1530 g/mol. The maximum absolute atomic E-state index is 9.00. The Morgan fingerprint density at radius 2 is 0.762 bits per heavy atom. The number of aliphatic carboxylic acids is 1. The molecule has 0 aliphatic carbocycles. The summed E-state index contributed by atoms with van der Waals surface area (Å²) in [5.41, 5.74) is 15.7. The number of hydrogen-bond donors (Lipinski definition) is 1. The number of carbonyl (C=O) groups is 1. The largest absolute Gasteiger partial charge is 2.00 e. The SMILES string of the molecule is CC(=O)O.[Pt+2].[c-]1c(-c2cnccn2)ccc2c3c4ccccc4ccc3n(-c3[c-]c4c(cc3)c3c5ccccc5ccc3n4-c3cc4ccccc4nn3)c12.c1ccc2nnc(-n3c4cc(-n5c6cc(-c7cnccn7)ccc6c6c7ccccc7ccc65)ccc4c4c5ccccc5ccc43)cc2c1. The van der Waals surface area contributed by atoms with Gasteiger partial charge in [0.15, 0.2) is 11.6 Å². The molecule has 15 heteroatoms. The van der Waals surface area contributed by atoms with Gasteiger partial charge in [0.25, 0.3) is 5.97 Å². The third-order valence-electron chi connectivity index (χ3n) is 20.0. The molecule has 105 heavy (non-hydrogen) atoms. The van der Waals surface area contributed by atoms with Crippen LogP contribution in [0, 0.1) is 12.1 Å². The fraction of sp³-hybridized carbons (Fsp3) is 0.0111. The third-order valence-corrected chi connectivity index (χ3v) is 20.0. The molecule has 496 valence electrons. The minimum Gasteiger partial charge on any atom is -0.481 e. The first kappa shape index (κ1) is 62.3. The minimum atomic E-state index is -0.833. The van der Waals surface area contributed by atoms with E-state index in [-0.39, 0.29) is 21.1 Å². The minimum absolute atomic E-state index is 0. The van der Waals surface area contributed by atoms with Gasteiger partial charge in [0.2, 0.25) is 0 Å². The molecule has 0 spiro atoms. The predicted molar refractivity (Wildman–Crippen MR) is 419 cm³/mol. The van der Waals surface area contributed by atoms with Crippen molar-refractivity contribution in [1.82, 2.24) is 58.6 Å². The Labute approximate surface area is 612 Å². The fourth-order valence-corrected chi connectivity index (χ4v) is 15.6. The molecular formula is C90H54N12O2Pt. The van der Waals surface area contributed by atoms with Crippen LogP contribution >= 0.6 is 0 Å². The quantitative estimate of drug-likeness (QED) is 0.159. The monoisotopic (exact) mass is 1530 g/mol. The summed E-state index contributed by atoms with van der Waals surface area (Å²) in [5.74, 6) is 0.700. The molecule has 0 atom stereocenters. The van der Waals surface area contributed by atoms with E-state index in [1.165, 1.54) is 75.4 Å². The summed E-state index contributed by atoms with van der Waals surface area (Å²) in [7, 11) is 0. The number of nitrogens with zero attached hydrogens (tertiary/aromatic N) is 12. The van der Waals surface area contributed by atoms with Crippen molar-refractivity contribution < 1.29 is 31.0 Å². The normalized spacial score (nSPS) is 11.7. The first-order valence-corrected chi connectivity index (χ1v) is 34.2. The van der Waals surface area contributed by atoms with Crippen molar-refractivity contribution in [3.63, 3.8) is 0 Å². The summed E-state index contributed by atoms with van der Waals surface area (Å²) in [4.78, 5) is 26.9. The molecule has 0 saturated carbocycles. The molecule has 8 heterocycles. The van der Waals surface area contributed by atoms with E-state index in [0.717, 1.165) is 129 Å². The second kappa shape index (κ2) is 25.1. The molecule has 0 fully saturated rings. The van der Waals surface area contributed by atoms with Crippen LogP contribution in [-0.4, -0.2) is 69.7 Å². The van der Waals surface area contributed by atoms with E-state index in [1.807, 2.05) is 42.6 Å². The first-order chi connectivity index (χ1) is 51.3. The Morgan fingerprint density at radius 3 is 1.30 bits per heavy atom. The van der Waals surface area contributed by atoms with E-state index in [4.69, 9.17) is 20.1 Å². The van der Waals surface area contributed by atoms with Crippen LogP contribution in [0.15, 0.2) is 304 Å². The fourth-order valence-electron chi connectivity index (χ4n) is 15.6. The van der Waals surface area contributed by atoms with Crippen LogP contribution in [0.25, 0.3) is 198 Å². The third kappa shape index (κ3) is 10.2. The van der Waals surface area contributed by atoms with Crippen LogP contribution in [0.5, 0.6) is 0 Å². The van der Waals surface area contributed by atoms with E-state index < -0.39 is 5.97 Å². The topological polar surface area (TPSA) is 160 Å². The van der Waals surface area contributed by atoms with E-state index in [9.17, 15) is 0 Å². The molecule has 0 aliphatic rings. The molecule has 22 rings (SSSR count). The van der Waals surface area contributed by atoms with Crippen LogP contribution in [-0.2, 0) is 25.9 Å².